The summed E-state index contributed by atoms with van der Waals surface area (Å²) in [6.07, 6.45) is 1.17. The van der Waals surface area contributed by atoms with Crippen LogP contribution in [0.5, 0.6) is 0 Å². The molecule has 1 rings (SSSR count). The highest BCUT2D eigenvalue weighted by molar-refractivity contribution is 7.05. The second-order valence-corrected chi connectivity index (χ2v) is 5.38. The van der Waals surface area contributed by atoms with Crippen LogP contribution in [0.15, 0.2) is 0 Å². The van der Waals surface area contributed by atoms with Crippen LogP contribution in [0.3, 0.4) is 0 Å². The van der Waals surface area contributed by atoms with E-state index in [-0.39, 0.29) is 0 Å². The van der Waals surface area contributed by atoms with Gasteiger partial charge in [-0.1, -0.05) is 45.5 Å². The van der Waals surface area contributed by atoms with Crippen LogP contribution in [0.4, 0.5) is 0 Å². The van der Waals surface area contributed by atoms with Crippen molar-refractivity contribution in [3.63, 3.8) is 0 Å². The van der Waals surface area contributed by atoms with E-state index in [1.165, 1.54) is 11.3 Å². The SMILES string of the molecule is CCNC(c1snnc1C(C)C)C(C)CC. The van der Waals surface area contributed by atoms with Crippen molar-refractivity contribution in [2.75, 3.05) is 6.54 Å². The molecule has 3 nitrogen and oxygen atoms in total. The summed E-state index contributed by atoms with van der Waals surface area (Å²) in [5, 5.41) is 7.83. The van der Waals surface area contributed by atoms with Gasteiger partial charge in [0, 0.05) is 6.04 Å². The van der Waals surface area contributed by atoms with Gasteiger partial charge in [-0.25, -0.2) is 0 Å². The predicted octanol–water partition coefficient (Wildman–Crippen LogP) is 3.36. The van der Waals surface area contributed by atoms with Crippen LogP contribution >= 0.6 is 11.5 Å². The smallest absolute Gasteiger partial charge is 0.0829 e. The first kappa shape index (κ1) is 13.6. The highest BCUT2D eigenvalue weighted by Gasteiger charge is 2.24. The number of hydrogen-bond donors (Lipinski definition) is 1. The molecule has 92 valence electrons. The number of nitrogens with one attached hydrogen (secondary N) is 1. The first-order valence-corrected chi connectivity index (χ1v) is 6.94. The Morgan fingerprint density at radius 2 is 1.94 bits per heavy atom. The zero-order chi connectivity index (χ0) is 12.1. The van der Waals surface area contributed by atoms with E-state index in [2.05, 4.69) is 49.5 Å². The van der Waals surface area contributed by atoms with Crippen molar-refractivity contribution >= 4 is 11.5 Å². The number of rotatable bonds is 6. The normalized spacial score (nSPS) is 15.4. The van der Waals surface area contributed by atoms with E-state index < -0.39 is 0 Å². The summed E-state index contributed by atoms with van der Waals surface area (Å²) < 4.78 is 4.11. The monoisotopic (exact) mass is 241 g/mol. The molecule has 2 atom stereocenters. The van der Waals surface area contributed by atoms with Gasteiger partial charge in [-0.05, 0) is 29.9 Å². The van der Waals surface area contributed by atoms with E-state index in [0.717, 1.165) is 12.2 Å². The molecule has 1 aromatic heterocycles. The third kappa shape index (κ3) is 3.01. The molecule has 0 saturated carbocycles. The van der Waals surface area contributed by atoms with E-state index >= 15 is 0 Å². The van der Waals surface area contributed by atoms with Gasteiger partial charge in [0.05, 0.1) is 10.6 Å². The molecule has 0 aliphatic rings. The number of nitrogens with zero attached hydrogens (tertiary/aromatic N) is 2. The van der Waals surface area contributed by atoms with Crippen molar-refractivity contribution in [3.05, 3.63) is 10.6 Å². The lowest BCUT2D eigenvalue weighted by Crippen LogP contribution is -2.26. The molecule has 0 aromatic carbocycles. The summed E-state index contributed by atoms with van der Waals surface area (Å²) in [4.78, 5) is 1.33. The lowest BCUT2D eigenvalue weighted by Gasteiger charge is -2.23. The van der Waals surface area contributed by atoms with Crippen LogP contribution in [-0.2, 0) is 0 Å². The van der Waals surface area contributed by atoms with Crippen molar-refractivity contribution in [3.8, 4) is 0 Å². The highest BCUT2D eigenvalue weighted by Crippen LogP contribution is 2.31. The number of hydrogen-bond acceptors (Lipinski definition) is 4. The largest absolute Gasteiger partial charge is 0.309 e. The van der Waals surface area contributed by atoms with E-state index in [1.807, 2.05) is 0 Å². The van der Waals surface area contributed by atoms with E-state index in [0.29, 0.717) is 17.9 Å². The van der Waals surface area contributed by atoms with Crippen LogP contribution in [0.1, 0.15) is 63.6 Å². The van der Waals surface area contributed by atoms with Crippen LogP contribution in [0, 0.1) is 5.92 Å². The van der Waals surface area contributed by atoms with Crippen molar-refractivity contribution < 1.29 is 0 Å². The van der Waals surface area contributed by atoms with Crippen molar-refractivity contribution in [1.29, 1.82) is 0 Å². The molecule has 0 saturated heterocycles. The Labute approximate surface area is 103 Å². The summed E-state index contributed by atoms with van der Waals surface area (Å²) in [5.41, 5.74) is 1.16. The Bertz CT molecular complexity index is 309. The first-order valence-electron chi connectivity index (χ1n) is 6.17. The average molecular weight is 241 g/mol. The summed E-state index contributed by atoms with van der Waals surface area (Å²) >= 11 is 1.55. The van der Waals surface area contributed by atoms with Gasteiger partial charge in [0.25, 0.3) is 0 Å². The molecule has 16 heavy (non-hydrogen) atoms. The predicted molar refractivity (Wildman–Crippen MR) is 69.9 cm³/mol. The van der Waals surface area contributed by atoms with Gasteiger partial charge >= 0.3 is 0 Å². The summed E-state index contributed by atoms with van der Waals surface area (Å²) in [5.74, 6) is 1.08. The van der Waals surface area contributed by atoms with Crippen LogP contribution in [0.2, 0.25) is 0 Å². The molecule has 0 spiro atoms. The molecule has 4 heteroatoms. The second-order valence-electron chi connectivity index (χ2n) is 4.60. The molecular weight excluding hydrogens is 218 g/mol. The second kappa shape index (κ2) is 6.30. The van der Waals surface area contributed by atoms with Crippen LogP contribution in [-0.4, -0.2) is 16.1 Å². The third-order valence-electron chi connectivity index (χ3n) is 3.01. The maximum absolute atomic E-state index is 4.26. The number of aromatic nitrogens is 2. The summed E-state index contributed by atoms with van der Waals surface area (Å²) in [6.45, 7) is 12.0. The standard InChI is InChI=1S/C12H23N3S/c1-6-9(5)11(13-7-2)12-10(8(3)4)14-15-16-12/h8-9,11,13H,6-7H2,1-5H3. The van der Waals surface area contributed by atoms with Crippen molar-refractivity contribution in [2.45, 2.75) is 53.0 Å². The fraction of sp³-hybridized carbons (Fsp3) is 0.833. The fourth-order valence-electron chi connectivity index (χ4n) is 1.83. The third-order valence-corrected chi connectivity index (χ3v) is 3.83. The maximum atomic E-state index is 4.26. The summed E-state index contributed by atoms with van der Waals surface area (Å²) in [6, 6.07) is 0.410. The Hall–Kier alpha value is -0.480. The molecule has 0 bridgehead atoms. The van der Waals surface area contributed by atoms with Crippen molar-refractivity contribution in [2.24, 2.45) is 5.92 Å². The van der Waals surface area contributed by atoms with Gasteiger partial charge in [-0.3, -0.25) is 0 Å². The molecular formula is C12H23N3S. The minimum absolute atomic E-state index is 0.410. The van der Waals surface area contributed by atoms with E-state index in [4.69, 9.17) is 0 Å². The quantitative estimate of drug-likeness (QED) is 0.830. The minimum Gasteiger partial charge on any atom is -0.309 e. The molecule has 0 fully saturated rings. The molecule has 0 aliphatic carbocycles. The molecule has 2 unspecified atom stereocenters. The Balaban J connectivity index is 2.96. The molecule has 0 radical (unpaired) electrons. The molecule has 0 aliphatic heterocycles. The van der Waals surface area contributed by atoms with E-state index in [1.54, 1.807) is 11.5 Å². The van der Waals surface area contributed by atoms with Gasteiger partial charge in [0.2, 0.25) is 0 Å². The Kier molecular flexibility index (Phi) is 5.35. The lowest BCUT2D eigenvalue weighted by atomic mass is 9.94. The maximum Gasteiger partial charge on any atom is 0.0829 e. The lowest BCUT2D eigenvalue weighted by molar-refractivity contribution is 0.385. The van der Waals surface area contributed by atoms with Crippen molar-refractivity contribution in [1.82, 2.24) is 14.9 Å². The topological polar surface area (TPSA) is 37.8 Å². The van der Waals surface area contributed by atoms with E-state index in [9.17, 15) is 0 Å². The first-order chi connectivity index (χ1) is 7.61. The minimum atomic E-state index is 0.410. The molecule has 1 heterocycles. The Morgan fingerprint density at radius 1 is 1.25 bits per heavy atom. The fourth-order valence-corrected chi connectivity index (χ4v) is 2.84. The Morgan fingerprint density at radius 3 is 2.44 bits per heavy atom. The van der Waals surface area contributed by atoms with Crippen LogP contribution in [0.25, 0.3) is 0 Å². The van der Waals surface area contributed by atoms with Gasteiger partial charge in [-0.2, -0.15) is 0 Å². The zero-order valence-electron chi connectivity index (χ0n) is 10.9. The molecule has 0 amide bonds. The zero-order valence-corrected chi connectivity index (χ0v) is 11.8. The van der Waals surface area contributed by atoms with Gasteiger partial charge in [0.15, 0.2) is 0 Å². The van der Waals surface area contributed by atoms with Gasteiger partial charge in [-0.15, -0.1) is 5.10 Å². The highest BCUT2D eigenvalue weighted by atomic mass is 32.1. The molecule has 1 N–H and O–H groups in total. The summed E-state index contributed by atoms with van der Waals surface area (Å²) in [7, 11) is 0. The molecule has 1 aromatic rings. The van der Waals surface area contributed by atoms with Gasteiger partial charge < -0.3 is 5.32 Å². The average Bonchev–Trinajstić information content (AvgIpc) is 2.73. The van der Waals surface area contributed by atoms with Crippen LogP contribution < -0.4 is 5.32 Å². The van der Waals surface area contributed by atoms with Gasteiger partial charge in [0.1, 0.15) is 0 Å².